The van der Waals surface area contributed by atoms with Gasteiger partial charge in [-0.1, -0.05) is 46.9 Å². The first-order chi connectivity index (χ1) is 23.8. The van der Waals surface area contributed by atoms with E-state index in [0.717, 1.165) is 9.47 Å². The zero-order chi connectivity index (χ0) is 35.9. The van der Waals surface area contributed by atoms with E-state index in [2.05, 4.69) is 10.3 Å². The molecule has 0 unspecified atom stereocenters. The Hall–Kier alpha value is -5.02. The number of nitrogens with one attached hydrogen (secondary N) is 1. The van der Waals surface area contributed by atoms with Crippen molar-refractivity contribution >= 4 is 86.5 Å². The molecule has 2 aromatic heterocycles. The summed E-state index contributed by atoms with van der Waals surface area (Å²) in [6, 6.07) is 16.1. The number of hydrogen-bond donors (Lipinski definition) is 1. The van der Waals surface area contributed by atoms with Gasteiger partial charge in [-0.05, 0) is 77.5 Å². The maximum Gasteiger partial charge on any atom is 0.332 e. The molecular weight excluding hydrogens is 731 g/mol. The number of nitrogens with zero attached hydrogens (tertiary/aromatic N) is 5. The van der Waals surface area contributed by atoms with E-state index in [1.807, 2.05) is 0 Å². The number of anilines is 1. The third kappa shape index (κ3) is 6.87. The number of imidazole rings is 1. The first-order valence-electron chi connectivity index (χ1n) is 14.6. The van der Waals surface area contributed by atoms with Gasteiger partial charge < -0.3 is 14.8 Å². The lowest BCUT2D eigenvalue weighted by Gasteiger charge is -2.14. The van der Waals surface area contributed by atoms with E-state index in [4.69, 9.17) is 44.3 Å². The fraction of sp³-hybridized carbons (Fsp3) is 0.152. The monoisotopic (exact) mass is 754 g/mol. The molecule has 0 aliphatic carbocycles. The van der Waals surface area contributed by atoms with Gasteiger partial charge in [0.2, 0.25) is 5.91 Å². The molecule has 1 saturated heterocycles. The second-order valence-electron chi connectivity index (χ2n) is 10.9. The molecule has 50 heavy (non-hydrogen) atoms. The van der Waals surface area contributed by atoms with Gasteiger partial charge in [-0.15, -0.1) is 0 Å². The minimum atomic E-state index is -0.632. The largest absolute Gasteiger partial charge is 0.493 e. The molecule has 0 atom stereocenters. The molecular formula is C33H25Cl3N6O7S. The van der Waals surface area contributed by atoms with Crippen molar-refractivity contribution in [2.24, 2.45) is 14.1 Å². The molecule has 1 aliphatic rings. The third-order valence-electron chi connectivity index (χ3n) is 7.65. The number of carbonyl (C=O) groups excluding carboxylic acids is 3. The van der Waals surface area contributed by atoms with Crippen molar-refractivity contribution in [2.45, 2.75) is 6.54 Å². The summed E-state index contributed by atoms with van der Waals surface area (Å²) in [7, 11) is 4.27. The Morgan fingerprint density at radius 3 is 2.34 bits per heavy atom. The number of hydrogen-bond acceptors (Lipinski definition) is 9. The number of thioether (sulfide) groups is 1. The van der Waals surface area contributed by atoms with Crippen LogP contribution >= 0.6 is 46.6 Å². The normalized spacial score (nSPS) is 13.8. The maximum absolute atomic E-state index is 13.3. The summed E-state index contributed by atoms with van der Waals surface area (Å²) < 4.78 is 15.5. The zero-order valence-corrected chi connectivity index (χ0v) is 29.5. The number of fused-ring (bicyclic) bond motifs is 1. The van der Waals surface area contributed by atoms with E-state index in [9.17, 15) is 24.0 Å². The Labute approximate surface area is 302 Å². The molecule has 256 valence electrons. The van der Waals surface area contributed by atoms with Crippen LogP contribution in [0.2, 0.25) is 15.1 Å². The summed E-state index contributed by atoms with van der Waals surface area (Å²) >= 11 is 19.1. The lowest BCUT2D eigenvalue weighted by molar-refractivity contribution is -0.127. The highest BCUT2D eigenvalue weighted by molar-refractivity contribution is 8.18. The van der Waals surface area contributed by atoms with E-state index in [0.29, 0.717) is 43.6 Å². The molecule has 1 N–H and O–H groups in total. The van der Waals surface area contributed by atoms with Crippen LogP contribution in [0.4, 0.5) is 10.5 Å². The molecule has 3 aromatic carbocycles. The molecule has 1 aliphatic heterocycles. The fourth-order valence-electron chi connectivity index (χ4n) is 5.09. The summed E-state index contributed by atoms with van der Waals surface area (Å²) in [5.74, 6) is -0.768. The highest BCUT2D eigenvalue weighted by Gasteiger charge is 2.36. The summed E-state index contributed by atoms with van der Waals surface area (Å²) in [6.45, 7) is -0.430. The molecule has 0 radical (unpaired) electrons. The number of aryl methyl sites for hydroxylation is 1. The molecule has 3 amide bonds. The van der Waals surface area contributed by atoms with Gasteiger partial charge in [0, 0.05) is 34.9 Å². The average molecular weight is 756 g/mol. The third-order valence-corrected chi connectivity index (χ3v) is 9.39. The number of halogens is 3. The number of imide groups is 1. The van der Waals surface area contributed by atoms with Crippen LogP contribution in [-0.2, 0) is 30.2 Å². The SMILES string of the molecule is COc1cc(C=C2SC(=O)N(CC(=O)Nc3ccc(Cl)cc3)C2=O)ccc1Oc1nc2c(c(=O)n(C)c(=O)n2C)n1Cc1ccc(Cl)cc1Cl. The Bertz CT molecular complexity index is 2370. The number of aromatic nitrogens is 4. The number of carbonyl (C=O) groups is 3. The van der Waals surface area contributed by atoms with Crippen molar-refractivity contribution < 1.29 is 23.9 Å². The molecule has 3 heterocycles. The molecule has 5 aromatic rings. The Balaban J connectivity index is 1.29. The average Bonchev–Trinajstić information content (AvgIpc) is 3.57. The van der Waals surface area contributed by atoms with Crippen LogP contribution in [0.25, 0.3) is 17.2 Å². The minimum Gasteiger partial charge on any atom is -0.493 e. The van der Waals surface area contributed by atoms with Gasteiger partial charge >= 0.3 is 11.7 Å². The van der Waals surface area contributed by atoms with Crippen molar-refractivity contribution in [1.29, 1.82) is 0 Å². The highest BCUT2D eigenvalue weighted by atomic mass is 35.5. The van der Waals surface area contributed by atoms with E-state index in [-0.39, 0.29) is 40.1 Å². The van der Waals surface area contributed by atoms with Gasteiger partial charge in [-0.25, -0.2) is 4.79 Å². The zero-order valence-electron chi connectivity index (χ0n) is 26.4. The van der Waals surface area contributed by atoms with Gasteiger partial charge in [0.15, 0.2) is 22.7 Å². The van der Waals surface area contributed by atoms with Crippen LogP contribution in [0.3, 0.4) is 0 Å². The highest BCUT2D eigenvalue weighted by Crippen LogP contribution is 2.37. The second-order valence-corrected chi connectivity index (χ2v) is 13.2. The van der Waals surface area contributed by atoms with E-state index in [1.165, 1.54) is 36.4 Å². The lowest BCUT2D eigenvalue weighted by Crippen LogP contribution is -2.37. The number of methoxy groups -OCH3 is 1. The predicted molar refractivity (Wildman–Crippen MR) is 192 cm³/mol. The minimum absolute atomic E-state index is 0.0339. The lowest BCUT2D eigenvalue weighted by atomic mass is 10.2. The van der Waals surface area contributed by atoms with E-state index in [1.54, 1.807) is 60.7 Å². The standard InChI is InChI=1S/C33H25Cl3N6O7S/c1-39-28-27(30(45)40(2)32(39)46)41(15-18-5-6-20(35)14-22(18)36)31(38-28)49-23-11-4-17(12-24(23)48-3)13-25-29(44)42(33(47)50-25)16-26(43)37-21-9-7-19(34)8-10-21/h4-14H,15-16H2,1-3H3,(H,37,43). The molecule has 1 fully saturated rings. The van der Waals surface area contributed by atoms with Crippen molar-refractivity contribution in [3.8, 4) is 17.5 Å². The molecule has 6 rings (SSSR count). The summed E-state index contributed by atoms with van der Waals surface area (Å²) in [4.78, 5) is 69.9. The molecule has 0 bridgehead atoms. The topological polar surface area (TPSA) is 147 Å². The molecule has 17 heteroatoms. The van der Waals surface area contributed by atoms with Gasteiger partial charge in [0.1, 0.15) is 6.54 Å². The Morgan fingerprint density at radius 1 is 0.920 bits per heavy atom. The van der Waals surface area contributed by atoms with Crippen LogP contribution in [-0.4, -0.2) is 54.3 Å². The van der Waals surface area contributed by atoms with Crippen molar-refractivity contribution in [3.63, 3.8) is 0 Å². The van der Waals surface area contributed by atoms with E-state index >= 15 is 0 Å². The van der Waals surface area contributed by atoms with Crippen LogP contribution < -0.4 is 26.0 Å². The molecule has 0 saturated carbocycles. The number of ether oxygens (including phenoxy) is 2. The Morgan fingerprint density at radius 2 is 1.64 bits per heavy atom. The quantitative estimate of drug-likeness (QED) is 0.181. The van der Waals surface area contributed by atoms with Crippen LogP contribution in [0.15, 0.2) is 75.2 Å². The van der Waals surface area contributed by atoms with Crippen LogP contribution in [0.1, 0.15) is 11.1 Å². The smallest absolute Gasteiger partial charge is 0.332 e. The van der Waals surface area contributed by atoms with Crippen molar-refractivity contribution in [3.05, 3.63) is 113 Å². The second kappa shape index (κ2) is 14.1. The number of rotatable bonds is 9. The number of benzene rings is 3. The van der Waals surface area contributed by atoms with Crippen LogP contribution in [0, 0.1) is 0 Å². The summed E-state index contributed by atoms with van der Waals surface area (Å²) in [5, 5.41) is 3.30. The van der Waals surface area contributed by atoms with Gasteiger partial charge in [0.25, 0.3) is 16.7 Å². The maximum atomic E-state index is 13.3. The number of amides is 3. The van der Waals surface area contributed by atoms with Gasteiger partial charge in [-0.3, -0.25) is 37.8 Å². The van der Waals surface area contributed by atoms with E-state index < -0.39 is 34.8 Å². The van der Waals surface area contributed by atoms with Crippen LogP contribution in [0.5, 0.6) is 17.5 Å². The van der Waals surface area contributed by atoms with Crippen molar-refractivity contribution in [2.75, 3.05) is 19.0 Å². The Kier molecular flexibility index (Phi) is 9.80. The fourth-order valence-corrected chi connectivity index (χ4v) is 6.53. The molecule has 0 spiro atoms. The first-order valence-corrected chi connectivity index (χ1v) is 16.6. The summed E-state index contributed by atoms with van der Waals surface area (Å²) in [6.07, 6.45) is 1.49. The van der Waals surface area contributed by atoms with Crippen molar-refractivity contribution in [1.82, 2.24) is 23.6 Å². The molecule has 13 nitrogen and oxygen atoms in total. The summed E-state index contributed by atoms with van der Waals surface area (Å²) in [5.41, 5.74) is 0.589. The first kappa shape index (κ1) is 34.8. The van der Waals surface area contributed by atoms with Gasteiger partial charge in [0.05, 0.1) is 18.6 Å². The predicted octanol–water partition coefficient (Wildman–Crippen LogP) is 5.92. The van der Waals surface area contributed by atoms with Gasteiger partial charge in [-0.2, -0.15) is 4.98 Å².